The molecule has 4 heteroatoms. The summed E-state index contributed by atoms with van der Waals surface area (Å²) < 4.78 is 39.4. The van der Waals surface area contributed by atoms with Crippen molar-refractivity contribution in [2.45, 2.75) is 37.4 Å². The number of hydrogen-bond acceptors (Lipinski definition) is 1. The van der Waals surface area contributed by atoms with Gasteiger partial charge in [0.2, 0.25) is 0 Å². The smallest absolute Gasteiger partial charge is 0.307 e. The highest BCUT2D eigenvalue weighted by atomic mass is 19.4. The predicted molar refractivity (Wildman–Crippen MR) is 63.1 cm³/mol. The maximum Gasteiger partial charge on any atom is 0.416 e. The lowest BCUT2D eigenvalue weighted by Crippen LogP contribution is -2.40. The minimum atomic E-state index is -4.26. The third-order valence-electron chi connectivity index (χ3n) is 4.18. The van der Waals surface area contributed by atoms with Gasteiger partial charge in [0.05, 0.1) is 5.56 Å². The highest BCUT2D eigenvalue weighted by molar-refractivity contribution is 5.38. The van der Waals surface area contributed by atoms with Gasteiger partial charge in [-0.25, -0.2) is 0 Å². The Hall–Kier alpha value is -1.03. The normalized spacial score (nSPS) is 28.6. The molecule has 0 radical (unpaired) electrons. The first-order valence-electron chi connectivity index (χ1n) is 6.46. The predicted octanol–water partition coefficient (Wildman–Crippen LogP) is 3.69. The number of halogens is 3. The highest BCUT2D eigenvalue weighted by Crippen LogP contribution is 2.52. The van der Waals surface area contributed by atoms with E-state index in [4.69, 9.17) is 0 Å². The summed E-state index contributed by atoms with van der Waals surface area (Å²) in [7, 11) is 0. The van der Waals surface area contributed by atoms with Crippen molar-refractivity contribution in [1.82, 2.24) is 5.32 Å². The SMILES string of the molecule is FC(F)(F)c1ccccc1C1(C2CC2)CCCN1. The van der Waals surface area contributed by atoms with Crippen molar-refractivity contribution in [2.24, 2.45) is 5.92 Å². The Morgan fingerprint density at radius 2 is 1.89 bits per heavy atom. The molecule has 0 amide bonds. The van der Waals surface area contributed by atoms with Crippen LogP contribution in [0.4, 0.5) is 13.2 Å². The van der Waals surface area contributed by atoms with Gasteiger partial charge in [-0.3, -0.25) is 0 Å². The number of alkyl halides is 3. The van der Waals surface area contributed by atoms with E-state index in [1.54, 1.807) is 12.1 Å². The van der Waals surface area contributed by atoms with E-state index in [1.165, 1.54) is 12.1 Å². The molecule has 1 atom stereocenters. The Morgan fingerprint density at radius 3 is 2.44 bits per heavy atom. The fourth-order valence-electron chi connectivity index (χ4n) is 3.26. The molecule has 1 unspecified atom stereocenters. The first-order chi connectivity index (χ1) is 8.54. The van der Waals surface area contributed by atoms with Crippen LogP contribution in [-0.2, 0) is 11.7 Å². The van der Waals surface area contributed by atoms with Gasteiger partial charge in [0.15, 0.2) is 0 Å². The zero-order chi connectivity index (χ0) is 12.8. The summed E-state index contributed by atoms with van der Waals surface area (Å²) in [5.74, 6) is 0.378. The van der Waals surface area contributed by atoms with Gasteiger partial charge < -0.3 is 5.32 Å². The molecule has 3 rings (SSSR count). The summed E-state index contributed by atoms with van der Waals surface area (Å²) in [6.45, 7) is 0.822. The van der Waals surface area contributed by atoms with E-state index in [-0.39, 0.29) is 0 Å². The van der Waals surface area contributed by atoms with Crippen LogP contribution in [0.2, 0.25) is 0 Å². The van der Waals surface area contributed by atoms with E-state index in [1.807, 2.05) is 0 Å². The lowest BCUT2D eigenvalue weighted by atomic mass is 9.81. The Labute approximate surface area is 104 Å². The van der Waals surface area contributed by atoms with Crippen LogP contribution in [0.25, 0.3) is 0 Å². The van der Waals surface area contributed by atoms with Gasteiger partial charge in [0.1, 0.15) is 0 Å². The molecule has 1 saturated heterocycles. The Balaban J connectivity index is 2.10. The summed E-state index contributed by atoms with van der Waals surface area (Å²) in [6, 6.07) is 6.05. The minimum absolute atomic E-state index is 0.378. The van der Waals surface area contributed by atoms with Crippen molar-refractivity contribution < 1.29 is 13.2 Å². The maximum atomic E-state index is 13.1. The van der Waals surface area contributed by atoms with E-state index in [0.29, 0.717) is 11.5 Å². The van der Waals surface area contributed by atoms with Crippen LogP contribution in [0.3, 0.4) is 0 Å². The fourth-order valence-corrected chi connectivity index (χ4v) is 3.26. The molecular formula is C14H16F3N. The third kappa shape index (κ3) is 1.83. The average molecular weight is 255 g/mol. The molecule has 1 N–H and O–H groups in total. The molecule has 2 fully saturated rings. The van der Waals surface area contributed by atoms with Gasteiger partial charge in [0.25, 0.3) is 0 Å². The van der Waals surface area contributed by atoms with Crippen LogP contribution in [0.1, 0.15) is 36.8 Å². The maximum absolute atomic E-state index is 13.1. The number of benzene rings is 1. The van der Waals surface area contributed by atoms with Crippen molar-refractivity contribution in [1.29, 1.82) is 0 Å². The number of hydrogen-bond donors (Lipinski definition) is 1. The van der Waals surface area contributed by atoms with Crippen molar-refractivity contribution in [3.8, 4) is 0 Å². The fraction of sp³-hybridized carbons (Fsp3) is 0.571. The van der Waals surface area contributed by atoms with E-state index < -0.39 is 17.3 Å². The van der Waals surface area contributed by atoms with Crippen molar-refractivity contribution >= 4 is 0 Å². The van der Waals surface area contributed by atoms with Crippen molar-refractivity contribution in [3.05, 3.63) is 35.4 Å². The molecule has 0 bridgehead atoms. The van der Waals surface area contributed by atoms with Crippen LogP contribution in [0, 0.1) is 5.92 Å². The van der Waals surface area contributed by atoms with Gasteiger partial charge in [-0.1, -0.05) is 18.2 Å². The molecule has 1 aliphatic heterocycles. The molecule has 1 nitrogen and oxygen atoms in total. The molecule has 1 aliphatic carbocycles. The van der Waals surface area contributed by atoms with Gasteiger partial charge in [-0.05, 0) is 49.8 Å². The lowest BCUT2D eigenvalue weighted by molar-refractivity contribution is -0.139. The summed E-state index contributed by atoms with van der Waals surface area (Å²) in [5, 5.41) is 3.36. The summed E-state index contributed by atoms with van der Waals surface area (Å²) in [5.41, 5.74) is -0.435. The highest BCUT2D eigenvalue weighted by Gasteiger charge is 2.51. The standard InChI is InChI=1S/C14H16F3N/c15-14(16,17)12-5-2-1-4-11(12)13(10-6-7-10)8-3-9-18-13/h1-2,4-5,10,18H,3,6-9H2. The second kappa shape index (κ2) is 3.98. The second-order valence-corrected chi connectivity index (χ2v) is 5.32. The third-order valence-corrected chi connectivity index (χ3v) is 4.18. The zero-order valence-corrected chi connectivity index (χ0v) is 10.1. The average Bonchev–Trinajstić information content (AvgIpc) is 3.07. The molecule has 98 valence electrons. The summed E-state index contributed by atoms with van der Waals surface area (Å²) in [6.07, 6.45) is -0.394. The van der Waals surface area contributed by atoms with E-state index in [2.05, 4.69) is 5.32 Å². The Bertz CT molecular complexity index is 443. The van der Waals surface area contributed by atoms with Crippen LogP contribution in [0.5, 0.6) is 0 Å². The monoisotopic (exact) mass is 255 g/mol. The van der Waals surface area contributed by atoms with Gasteiger partial charge in [0, 0.05) is 5.54 Å². The minimum Gasteiger partial charge on any atom is -0.307 e. The Kier molecular flexibility index (Phi) is 2.66. The number of nitrogens with one attached hydrogen (secondary N) is 1. The quantitative estimate of drug-likeness (QED) is 0.849. The van der Waals surface area contributed by atoms with E-state index in [9.17, 15) is 13.2 Å². The molecular weight excluding hydrogens is 239 g/mol. The van der Waals surface area contributed by atoms with Gasteiger partial charge >= 0.3 is 6.18 Å². The molecule has 1 saturated carbocycles. The van der Waals surface area contributed by atoms with E-state index >= 15 is 0 Å². The van der Waals surface area contributed by atoms with Gasteiger partial charge in [-0.15, -0.1) is 0 Å². The molecule has 1 aromatic rings. The molecule has 2 aliphatic rings. The Morgan fingerprint density at radius 1 is 1.17 bits per heavy atom. The lowest BCUT2D eigenvalue weighted by Gasteiger charge is -2.33. The van der Waals surface area contributed by atoms with Crippen molar-refractivity contribution in [3.63, 3.8) is 0 Å². The summed E-state index contributed by atoms with van der Waals surface area (Å²) in [4.78, 5) is 0. The van der Waals surface area contributed by atoms with Gasteiger partial charge in [-0.2, -0.15) is 13.2 Å². The zero-order valence-electron chi connectivity index (χ0n) is 10.1. The van der Waals surface area contributed by atoms with Crippen LogP contribution in [0.15, 0.2) is 24.3 Å². The number of rotatable bonds is 2. The molecule has 1 heterocycles. The first-order valence-corrected chi connectivity index (χ1v) is 6.46. The van der Waals surface area contributed by atoms with Crippen LogP contribution in [-0.4, -0.2) is 6.54 Å². The second-order valence-electron chi connectivity index (χ2n) is 5.32. The molecule has 0 spiro atoms. The molecule has 1 aromatic carbocycles. The largest absolute Gasteiger partial charge is 0.416 e. The first kappa shape index (κ1) is 12.0. The van der Waals surface area contributed by atoms with Crippen LogP contribution >= 0.6 is 0 Å². The molecule has 18 heavy (non-hydrogen) atoms. The summed E-state index contributed by atoms with van der Waals surface area (Å²) >= 11 is 0. The van der Waals surface area contributed by atoms with Crippen LogP contribution < -0.4 is 5.32 Å². The van der Waals surface area contributed by atoms with Crippen molar-refractivity contribution in [2.75, 3.05) is 6.54 Å². The van der Waals surface area contributed by atoms with E-state index in [0.717, 1.165) is 32.2 Å². The molecule has 0 aromatic heterocycles. The topological polar surface area (TPSA) is 12.0 Å².